The lowest BCUT2D eigenvalue weighted by atomic mass is 10.1. The van der Waals surface area contributed by atoms with Crippen LogP contribution in [0.4, 0.5) is 0 Å². The second-order valence-electron chi connectivity index (χ2n) is 4.35. The Morgan fingerprint density at radius 3 is 2.72 bits per heavy atom. The molecule has 3 heteroatoms. The summed E-state index contributed by atoms with van der Waals surface area (Å²) in [4.78, 5) is 4.24. The first kappa shape index (κ1) is 12.6. The number of aromatic nitrogens is 1. The van der Waals surface area contributed by atoms with E-state index in [-0.39, 0.29) is 0 Å². The molecule has 1 heterocycles. The van der Waals surface area contributed by atoms with Crippen LogP contribution in [0.25, 0.3) is 0 Å². The van der Waals surface area contributed by atoms with Crippen LogP contribution in [-0.4, -0.2) is 4.98 Å². The summed E-state index contributed by atoms with van der Waals surface area (Å²) in [6, 6.07) is 10.0. The number of pyridine rings is 1. The number of rotatable bonds is 4. The molecule has 0 aliphatic carbocycles. The molecule has 0 atom stereocenters. The number of ether oxygens (including phenoxy) is 1. The second kappa shape index (κ2) is 5.65. The molecule has 0 aliphatic rings. The van der Waals surface area contributed by atoms with E-state index in [0.29, 0.717) is 13.2 Å². The topological polar surface area (TPSA) is 48.1 Å². The summed E-state index contributed by atoms with van der Waals surface area (Å²) in [6.45, 7) is 5.11. The van der Waals surface area contributed by atoms with Crippen LogP contribution in [0.5, 0.6) is 5.75 Å². The van der Waals surface area contributed by atoms with Crippen molar-refractivity contribution in [3.05, 3.63) is 58.9 Å². The Hall–Kier alpha value is -1.87. The van der Waals surface area contributed by atoms with Crippen molar-refractivity contribution >= 4 is 0 Å². The quantitative estimate of drug-likeness (QED) is 0.896. The highest BCUT2D eigenvalue weighted by atomic mass is 16.5. The van der Waals surface area contributed by atoms with Crippen LogP contribution in [0, 0.1) is 13.8 Å². The Bertz CT molecular complexity index is 538. The van der Waals surface area contributed by atoms with Gasteiger partial charge in [0.2, 0.25) is 0 Å². The lowest BCUT2D eigenvalue weighted by molar-refractivity contribution is 0.304. The molecule has 2 aromatic rings. The summed E-state index contributed by atoms with van der Waals surface area (Å²) in [5, 5.41) is 0. The van der Waals surface area contributed by atoms with Crippen LogP contribution in [0.1, 0.15) is 22.4 Å². The maximum atomic E-state index is 5.77. The van der Waals surface area contributed by atoms with Gasteiger partial charge >= 0.3 is 0 Å². The molecule has 0 aliphatic heterocycles. The molecular weight excluding hydrogens is 224 g/mol. The largest absolute Gasteiger partial charge is 0.489 e. The molecule has 0 bridgehead atoms. The van der Waals surface area contributed by atoms with Gasteiger partial charge in [0.15, 0.2) is 0 Å². The van der Waals surface area contributed by atoms with Gasteiger partial charge in [-0.3, -0.25) is 4.98 Å². The average molecular weight is 242 g/mol. The molecule has 18 heavy (non-hydrogen) atoms. The molecule has 0 spiro atoms. The van der Waals surface area contributed by atoms with Crippen molar-refractivity contribution in [3.8, 4) is 5.75 Å². The molecule has 0 fully saturated rings. The molecule has 3 nitrogen and oxygen atoms in total. The average Bonchev–Trinajstić information content (AvgIpc) is 2.40. The number of hydrogen-bond acceptors (Lipinski definition) is 3. The minimum Gasteiger partial charge on any atom is -0.489 e. The lowest BCUT2D eigenvalue weighted by Crippen LogP contribution is -2.06. The summed E-state index contributed by atoms with van der Waals surface area (Å²) in [5.74, 6) is 0.880. The van der Waals surface area contributed by atoms with Gasteiger partial charge in [-0.05, 0) is 43.2 Å². The fourth-order valence-electron chi connectivity index (χ4n) is 1.75. The van der Waals surface area contributed by atoms with Crippen molar-refractivity contribution in [2.45, 2.75) is 27.0 Å². The molecule has 0 unspecified atom stereocenters. The molecule has 0 saturated carbocycles. The molecule has 2 N–H and O–H groups in total. The third-order valence-electron chi connectivity index (χ3n) is 3.05. The highest BCUT2D eigenvalue weighted by Gasteiger charge is 2.03. The number of nitrogens with zero attached hydrogens (tertiary/aromatic N) is 1. The van der Waals surface area contributed by atoms with Gasteiger partial charge in [0.05, 0.1) is 5.69 Å². The van der Waals surface area contributed by atoms with E-state index >= 15 is 0 Å². The molecule has 0 amide bonds. The third-order valence-corrected chi connectivity index (χ3v) is 3.05. The number of hydrogen-bond donors (Lipinski definition) is 1. The van der Waals surface area contributed by atoms with E-state index < -0.39 is 0 Å². The van der Waals surface area contributed by atoms with Gasteiger partial charge < -0.3 is 10.5 Å². The van der Waals surface area contributed by atoms with Crippen molar-refractivity contribution in [2.75, 3.05) is 0 Å². The summed E-state index contributed by atoms with van der Waals surface area (Å²) in [6.07, 6.45) is 1.75. The van der Waals surface area contributed by atoms with E-state index in [1.807, 2.05) is 24.3 Å². The van der Waals surface area contributed by atoms with Gasteiger partial charge in [-0.1, -0.05) is 12.1 Å². The number of benzene rings is 1. The smallest absolute Gasteiger partial charge is 0.120 e. The molecular formula is C15H18N2O. The van der Waals surface area contributed by atoms with Gasteiger partial charge in [-0.15, -0.1) is 0 Å². The highest BCUT2D eigenvalue weighted by molar-refractivity contribution is 5.34. The molecule has 2 rings (SSSR count). The second-order valence-corrected chi connectivity index (χ2v) is 4.35. The van der Waals surface area contributed by atoms with Gasteiger partial charge in [0, 0.05) is 18.3 Å². The molecule has 94 valence electrons. The van der Waals surface area contributed by atoms with Crippen molar-refractivity contribution in [3.63, 3.8) is 0 Å². The maximum absolute atomic E-state index is 5.77. The number of aryl methyl sites for hydroxylation is 2. The fraction of sp³-hybridized carbons (Fsp3) is 0.267. The Labute approximate surface area is 108 Å². The van der Waals surface area contributed by atoms with Crippen molar-refractivity contribution < 1.29 is 4.74 Å². The van der Waals surface area contributed by atoms with E-state index in [1.165, 1.54) is 11.1 Å². The number of nitrogens with two attached hydrogens (primary N) is 1. The van der Waals surface area contributed by atoms with Crippen molar-refractivity contribution in [1.82, 2.24) is 4.98 Å². The zero-order chi connectivity index (χ0) is 13.0. The van der Waals surface area contributed by atoms with Crippen LogP contribution < -0.4 is 10.5 Å². The van der Waals surface area contributed by atoms with Crippen LogP contribution in [0.3, 0.4) is 0 Å². The first-order valence-electron chi connectivity index (χ1n) is 6.03. The van der Waals surface area contributed by atoms with Gasteiger partial charge in [0.1, 0.15) is 12.4 Å². The fourth-order valence-corrected chi connectivity index (χ4v) is 1.75. The van der Waals surface area contributed by atoms with Crippen molar-refractivity contribution in [2.24, 2.45) is 5.73 Å². The molecule has 0 saturated heterocycles. The SMILES string of the molecule is Cc1ccc(OCc2cccnc2CN)cc1C. The normalized spacial score (nSPS) is 10.4. The zero-order valence-electron chi connectivity index (χ0n) is 10.8. The minimum absolute atomic E-state index is 0.437. The van der Waals surface area contributed by atoms with E-state index in [9.17, 15) is 0 Å². The maximum Gasteiger partial charge on any atom is 0.120 e. The molecule has 1 aromatic carbocycles. The first-order chi connectivity index (χ1) is 8.70. The Kier molecular flexibility index (Phi) is 3.95. The third kappa shape index (κ3) is 2.87. The van der Waals surface area contributed by atoms with E-state index in [2.05, 4.69) is 24.9 Å². The van der Waals surface area contributed by atoms with Crippen LogP contribution in [-0.2, 0) is 13.2 Å². The van der Waals surface area contributed by atoms with Gasteiger partial charge in [-0.2, -0.15) is 0 Å². The van der Waals surface area contributed by atoms with E-state index in [4.69, 9.17) is 10.5 Å². The van der Waals surface area contributed by atoms with Crippen LogP contribution in [0.2, 0.25) is 0 Å². The summed E-state index contributed by atoms with van der Waals surface area (Å²) < 4.78 is 5.77. The minimum atomic E-state index is 0.437. The Balaban J connectivity index is 2.09. The Morgan fingerprint density at radius 2 is 2.00 bits per heavy atom. The molecule has 0 radical (unpaired) electrons. The zero-order valence-corrected chi connectivity index (χ0v) is 10.8. The predicted molar refractivity (Wildman–Crippen MR) is 72.4 cm³/mol. The van der Waals surface area contributed by atoms with Crippen LogP contribution >= 0.6 is 0 Å². The monoisotopic (exact) mass is 242 g/mol. The standard InChI is InChI=1S/C15H18N2O/c1-11-5-6-14(8-12(11)2)18-10-13-4-3-7-17-15(13)9-16/h3-8H,9-10,16H2,1-2H3. The predicted octanol–water partition coefficient (Wildman–Crippen LogP) is 2.74. The molecule has 1 aromatic heterocycles. The van der Waals surface area contributed by atoms with Crippen molar-refractivity contribution in [1.29, 1.82) is 0 Å². The summed E-state index contributed by atoms with van der Waals surface area (Å²) in [7, 11) is 0. The summed E-state index contributed by atoms with van der Waals surface area (Å²) in [5.41, 5.74) is 10.1. The first-order valence-corrected chi connectivity index (χ1v) is 6.03. The van der Waals surface area contributed by atoms with Crippen LogP contribution in [0.15, 0.2) is 36.5 Å². The van der Waals surface area contributed by atoms with Gasteiger partial charge in [0.25, 0.3) is 0 Å². The highest BCUT2D eigenvalue weighted by Crippen LogP contribution is 2.18. The van der Waals surface area contributed by atoms with E-state index in [0.717, 1.165) is 17.0 Å². The van der Waals surface area contributed by atoms with E-state index in [1.54, 1.807) is 6.20 Å². The lowest BCUT2D eigenvalue weighted by Gasteiger charge is -2.10. The Morgan fingerprint density at radius 1 is 1.17 bits per heavy atom. The van der Waals surface area contributed by atoms with Gasteiger partial charge in [-0.25, -0.2) is 0 Å². The summed E-state index contributed by atoms with van der Waals surface area (Å²) >= 11 is 0.